The van der Waals surface area contributed by atoms with E-state index in [2.05, 4.69) is 0 Å². The lowest BCUT2D eigenvalue weighted by Gasteiger charge is -2.27. The normalized spacial score (nSPS) is 14.8. The summed E-state index contributed by atoms with van der Waals surface area (Å²) in [6, 6.07) is 3.45. The molecule has 2 heterocycles. The van der Waals surface area contributed by atoms with Crippen molar-refractivity contribution in [3.8, 4) is 9.75 Å². The van der Waals surface area contributed by atoms with Gasteiger partial charge in [-0.2, -0.15) is 35.1 Å². The van der Waals surface area contributed by atoms with Crippen molar-refractivity contribution in [1.29, 1.82) is 0 Å². The smallest absolute Gasteiger partial charge is 0.206 e. The van der Waals surface area contributed by atoms with Gasteiger partial charge in [-0.25, -0.2) is 35.1 Å². The minimum Gasteiger partial charge on any atom is -0.206 e. The van der Waals surface area contributed by atoms with Gasteiger partial charge in [-0.15, -0.1) is 22.7 Å². The van der Waals surface area contributed by atoms with Gasteiger partial charge >= 0.3 is 18.3 Å². The van der Waals surface area contributed by atoms with Crippen LogP contribution in [-0.4, -0.2) is 36.0 Å². The molecule has 0 spiro atoms. The molecule has 0 radical (unpaired) electrons. The minimum absolute atomic E-state index is 0.0553. The summed E-state index contributed by atoms with van der Waals surface area (Å²) in [6.07, 6.45) is -24.4. The highest BCUT2D eigenvalue weighted by atomic mass is 32.1. The molecule has 2 aromatic heterocycles. The van der Waals surface area contributed by atoms with E-state index in [1.54, 1.807) is 0 Å². The molecule has 0 aliphatic rings. The highest BCUT2D eigenvalue weighted by Gasteiger charge is 2.63. The summed E-state index contributed by atoms with van der Waals surface area (Å²) in [7, 11) is 0. The summed E-state index contributed by atoms with van der Waals surface area (Å²) in [6.45, 7) is 0. The molecule has 18 heteroatoms. The van der Waals surface area contributed by atoms with Crippen LogP contribution in [0.4, 0.5) is 70.2 Å². The van der Waals surface area contributed by atoms with Crippen LogP contribution in [0.5, 0.6) is 0 Å². The van der Waals surface area contributed by atoms with Crippen LogP contribution in [0, 0.1) is 0 Å². The maximum atomic E-state index is 14.3. The van der Waals surface area contributed by atoms with Crippen molar-refractivity contribution in [3.63, 3.8) is 0 Å². The van der Waals surface area contributed by atoms with Crippen molar-refractivity contribution in [2.75, 3.05) is 0 Å². The SMILES string of the molecule is FC(F)(F)CC(F)(F)CC(F)(F)Cc1ccc(-c2ccc(C(F)(F)CC(F)(F)CC(F)(F)C(F)(F)F)s2)s1. The first-order valence-electron chi connectivity index (χ1n) is 9.95. The number of alkyl halides is 16. The van der Waals surface area contributed by atoms with Gasteiger partial charge in [-0.3, -0.25) is 0 Å². The third-order valence-electron chi connectivity index (χ3n) is 4.66. The lowest BCUT2D eigenvalue weighted by atomic mass is 10.0. The molecule has 0 atom stereocenters. The van der Waals surface area contributed by atoms with Gasteiger partial charge in [0.25, 0.3) is 23.7 Å². The van der Waals surface area contributed by atoms with E-state index in [9.17, 15) is 70.2 Å². The first-order valence-corrected chi connectivity index (χ1v) is 11.6. The second-order valence-corrected chi connectivity index (χ2v) is 10.7. The van der Waals surface area contributed by atoms with E-state index in [0.29, 0.717) is 17.4 Å². The molecule has 0 fully saturated rings. The standard InChI is InChI=1S/C20H14F16S2/c21-14(22,6-15(23,24)9-19(31,32)33)5-10-1-2-11(37-10)12-3-4-13(38-12)17(27,28)7-16(25,26)8-18(29,30)20(34,35)36/h1-4H,5-9H2. The number of halogens is 16. The Morgan fingerprint density at radius 3 is 1.53 bits per heavy atom. The van der Waals surface area contributed by atoms with Crippen molar-refractivity contribution in [1.82, 2.24) is 0 Å². The fraction of sp³-hybridized carbons (Fsp3) is 0.600. The monoisotopic (exact) mass is 622 g/mol. The van der Waals surface area contributed by atoms with Gasteiger partial charge in [0.05, 0.1) is 24.1 Å². The summed E-state index contributed by atoms with van der Waals surface area (Å²) in [5, 5.41) is 0. The van der Waals surface area contributed by atoms with Crippen molar-refractivity contribution >= 4 is 22.7 Å². The maximum absolute atomic E-state index is 14.3. The Kier molecular flexibility index (Phi) is 8.85. The molecule has 2 rings (SSSR count). The predicted octanol–water partition coefficient (Wildman–Crippen LogP) is 10.3. The molecule has 0 bridgehead atoms. The third-order valence-corrected chi connectivity index (χ3v) is 7.13. The Balaban J connectivity index is 2.14. The maximum Gasteiger partial charge on any atom is 0.453 e. The van der Waals surface area contributed by atoms with E-state index in [1.807, 2.05) is 0 Å². The second kappa shape index (κ2) is 10.4. The largest absolute Gasteiger partial charge is 0.453 e. The first-order chi connectivity index (χ1) is 16.7. The number of thiophene rings is 2. The molecular formula is C20H14F16S2. The molecule has 0 aromatic carbocycles. The molecule has 218 valence electrons. The van der Waals surface area contributed by atoms with Gasteiger partial charge in [0.1, 0.15) is 6.42 Å². The van der Waals surface area contributed by atoms with Gasteiger partial charge in [-0.05, 0) is 24.3 Å². The zero-order chi connectivity index (χ0) is 29.6. The van der Waals surface area contributed by atoms with Crippen LogP contribution in [0.15, 0.2) is 24.3 Å². The van der Waals surface area contributed by atoms with Gasteiger partial charge in [0, 0.05) is 21.1 Å². The van der Waals surface area contributed by atoms with Crippen LogP contribution in [0.1, 0.15) is 35.4 Å². The molecular weight excluding hydrogens is 608 g/mol. The average molecular weight is 622 g/mol. The molecule has 0 saturated carbocycles. The topological polar surface area (TPSA) is 0 Å². The van der Waals surface area contributed by atoms with Crippen molar-refractivity contribution < 1.29 is 70.2 Å². The minimum atomic E-state index is -6.40. The van der Waals surface area contributed by atoms with E-state index in [0.717, 1.165) is 18.2 Å². The van der Waals surface area contributed by atoms with E-state index in [4.69, 9.17) is 0 Å². The van der Waals surface area contributed by atoms with Crippen LogP contribution in [0.3, 0.4) is 0 Å². The summed E-state index contributed by atoms with van der Waals surface area (Å²) >= 11 is 0.535. The fourth-order valence-corrected chi connectivity index (χ4v) is 5.38. The summed E-state index contributed by atoms with van der Waals surface area (Å²) in [5.74, 6) is -24.7. The van der Waals surface area contributed by atoms with Crippen LogP contribution < -0.4 is 0 Å². The number of rotatable bonds is 11. The quantitative estimate of drug-likeness (QED) is 0.219. The van der Waals surface area contributed by atoms with E-state index in [-0.39, 0.29) is 26.0 Å². The zero-order valence-electron chi connectivity index (χ0n) is 18.2. The average Bonchev–Trinajstić information content (AvgIpc) is 3.23. The summed E-state index contributed by atoms with van der Waals surface area (Å²) in [4.78, 5) is -1.73. The van der Waals surface area contributed by atoms with Gasteiger partial charge in [0.15, 0.2) is 0 Å². The molecule has 0 aliphatic carbocycles. The van der Waals surface area contributed by atoms with Gasteiger partial charge in [-0.1, -0.05) is 0 Å². The third kappa shape index (κ3) is 9.19. The fourth-order valence-electron chi connectivity index (χ4n) is 3.22. The Morgan fingerprint density at radius 2 is 1.00 bits per heavy atom. The summed E-state index contributed by atoms with van der Waals surface area (Å²) in [5.41, 5.74) is 0. The Labute approximate surface area is 211 Å². The highest BCUT2D eigenvalue weighted by Crippen LogP contribution is 2.50. The predicted molar refractivity (Wildman–Crippen MR) is 106 cm³/mol. The van der Waals surface area contributed by atoms with Crippen LogP contribution in [0.2, 0.25) is 0 Å². The first kappa shape index (κ1) is 32.5. The molecule has 0 saturated heterocycles. The van der Waals surface area contributed by atoms with Crippen molar-refractivity contribution in [2.45, 2.75) is 74.1 Å². The van der Waals surface area contributed by atoms with Crippen LogP contribution in [0.25, 0.3) is 9.75 Å². The molecule has 0 amide bonds. The molecule has 0 aliphatic heterocycles. The summed E-state index contributed by atoms with van der Waals surface area (Å²) < 4.78 is 209. The Bertz CT molecular complexity index is 1070. The number of hydrogen-bond acceptors (Lipinski definition) is 2. The lowest BCUT2D eigenvalue weighted by molar-refractivity contribution is -0.304. The van der Waals surface area contributed by atoms with Gasteiger partial charge in [0.2, 0.25) is 0 Å². The van der Waals surface area contributed by atoms with E-state index in [1.165, 1.54) is 0 Å². The van der Waals surface area contributed by atoms with Crippen molar-refractivity contribution in [2.24, 2.45) is 0 Å². The van der Waals surface area contributed by atoms with Gasteiger partial charge < -0.3 is 0 Å². The van der Waals surface area contributed by atoms with E-state index < -0.39 is 78.9 Å². The Hall–Kier alpha value is -1.72. The Morgan fingerprint density at radius 1 is 0.500 bits per heavy atom. The molecule has 2 aromatic rings. The second-order valence-electron chi connectivity index (χ2n) is 8.40. The molecule has 0 nitrogen and oxygen atoms in total. The van der Waals surface area contributed by atoms with Crippen LogP contribution >= 0.6 is 22.7 Å². The number of hydrogen-bond donors (Lipinski definition) is 0. The zero-order valence-corrected chi connectivity index (χ0v) is 19.8. The molecule has 0 unspecified atom stereocenters. The van der Waals surface area contributed by atoms with Crippen LogP contribution in [-0.2, 0) is 12.3 Å². The highest BCUT2D eigenvalue weighted by molar-refractivity contribution is 7.22. The van der Waals surface area contributed by atoms with E-state index >= 15 is 0 Å². The lowest BCUT2D eigenvalue weighted by Crippen LogP contribution is -2.43. The molecule has 0 N–H and O–H groups in total. The van der Waals surface area contributed by atoms with Crippen molar-refractivity contribution in [3.05, 3.63) is 34.0 Å². The molecule has 38 heavy (non-hydrogen) atoms.